The van der Waals surface area contributed by atoms with Gasteiger partial charge in [0.25, 0.3) is 6.43 Å². The summed E-state index contributed by atoms with van der Waals surface area (Å²) in [5.74, 6) is 0.580. The van der Waals surface area contributed by atoms with E-state index in [0.29, 0.717) is 5.75 Å². The predicted molar refractivity (Wildman–Crippen MR) is 53.1 cm³/mol. The van der Waals surface area contributed by atoms with Gasteiger partial charge >= 0.3 is 0 Å². The zero-order chi connectivity index (χ0) is 12.1. The van der Waals surface area contributed by atoms with Crippen LogP contribution in [-0.2, 0) is 6.54 Å². The molecule has 0 atom stereocenters. The second-order valence-corrected chi connectivity index (χ2v) is 3.04. The quantitative estimate of drug-likeness (QED) is 0.765. The van der Waals surface area contributed by atoms with E-state index in [1.54, 1.807) is 0 Å². The highest BCUT2D eigenvalue weighted by molar-refractivity contribution is 5.47. The summed E-state index contributed by atoms with van der Waals surface area (Å²) in [5.41, 5.74) is 1.90. The van der Waals surface area contributed by atoms with E-state index in [-0.39, 0.29) is 23.4 Å². The van der Waals surface area contributed by atoms with Crippen LogP contribution in [0.1, 0.15) is 17.6 Å². The van der Waals surface area contributed by atoms with E-state index in [0.717, 1.165) is 0 Å². The van der Waals surface area contributed by atoms with Gasteiger partial charge in [0.1, 0.15) is 0 Å². The number of hydroxylamine groups is 1. The summed E-state index contributed by atoms with van der Waals surface area (Å²) in [4.78, 5) is 0. The van der Waals surface area contributed by atoms with Crippen molar-refractivity contribution in [2.45, 2.75) is 13.0 Å². The molecule has 0 aliphatic carbocycles. The normalized spacial score (nSPS) is 10.6. The standard InChI is InChI=1S/C10H13F2NO3/c1-15-8-3-6(5-13-14)7(10(11)12)4-9(8)16-2/h3-4,10,13-14H,5H2,1-2H3. The maximum atomic E-state index is 12.7. The van der Waals surface area contributed by atoms with Crippen LogP contribution >= 0.6 is 0 Å². The van der Waals surface area contributed by atoms with Crippen LogP contribution in [0, 0.1) is 0 Å². The molecule has 0 aromatic heterocycles. The molecule has 0 saturated heterocycles. The van der Waals surface area contributed by atoms with Crippen molar-refractivity contribution in [2.75, 3.05) is 14.2 Å². The molecule has 0 fully saturated rings. The third-order valence-corrected chi connectivity index (χ3v) is 2.15. The minimum Gasteiger partial charge on any atom is -0.493 e. The topological polar surface area (TPSA) is 50.7 Å². The Balaban J connectivity index is 3.23. The fraction of sp³-hybridized carbons (Fsp3) is 0.400. The Kier molecular flexibility index (Phi) is 4.45. The zero-order valence-electron chi connectivity index (χ0n) is 8.96. The Bertz CT molecular complexity index is 358. The van der Waals surface area contributed by atoms with Crippen molar-refractivity contribution in [1.29, 1.82) is 0 Å². The van der Waals surface area contributed by atoms with Crippen molar-refractivity contribution in [2.24, 2.45) is 0 Å². The highest BCUT2D eigenvalue weighted by Crippen LogP contribution is 2.34. The Morgan fingerprint density at radius 1 is 1.25 bits per heavy atom. The molecule has 0 radical (unpaired) electrons. The average Bonchev–Trinajstić information content (AvgIpc) is 2.28. The molecule has 0 heterocycles. The molecule has 4 nitrogen and oxygen atoms in total. The van der Waals surface area contributed by atoms with Crippen LogP contribution < -0.4 is 15.0 Å². The van der Waals surface area contributed by atoms with Crippen LogP contribution in [0.4, 0.5) is 8.78 Å². The number of hydrogen-bond acceptors (Lipinski definition) is 4. The van der Waals surface area contributed by atoms with Crippen molar-refractivity contribution in [3.8, 4) is 11.5 Å². The lowest BCUT2D eigenvalue weighted by Gasteiger charge is -2.13. The molecule has 0 saturated carbocycles. The highest BCUT2D eigenvalue weighted by Gasteiger charge is 2.17. The van der Waals surface area contributed by atoms with Crippen molar-refractivity contribution in [3.63, 3.8) is 0 Å². The van der Waals surface area contributed by atoms with Gasteiger partial charge in [0.05, 0.1) is 14.2 Å². The van der Waals surface area contributed by atoms with E-state index in [1.165, 1.54) is 26.4 Å². The van der Waals surface area contributed by atoms with E-state index in [4.69, 9.17) is 14.7 Å². The molecular formula is C10H13F2NO3. The summed E-state index contributed by atoms with van der Waals surface area (Å²) in [6.07, 6.45) is -2.64. The zero-order valence-corrected chi connectivity index (χ0v) is 8.96. The van der Waals surface area contributed by atoms with Crippen molar-refractivity contribution in [3.05, 3.63) is 23.3 Å². The van der Waals surface area contributed by atoms with E-state index in [1.807, 2.05) is 5.48 Å². The Morgan fingerprint density at radius 3 is 2.25 bits per heavy atom. The molecule has 0 unspecified atom stereocenters. The van der Waals surface area contributed by atoms with Crippen molar-refractivity contribution < 1.29 is 23.5 Å². The molecule has 16 heavy (non-hydrogen) atoms. The van der Waals surface area contributed by atoms with E-state index in [9.17, 15) is 8.78 Å². The van der Waals surface area contributed by atoms with Crippen molar-refractivity contribution in [1.82, 2.24) is 5.48 Å². The van der Waals surface area contributed by atoms with Crippen LogP contribution in [0.3, 0.4) is 0 Å². The fourth-order valence-electron chi connectivity index (χ4n) is 1.38. The first-order valence-corrected chi connectivity index (χ1v) is 4.54. The Morgan fingerprint density at radius 2 is 1.81 bits per heavy atom. The maximum absolute atomic E-state index is 12.7. The number of methoxy groups -OCH3 is 2. The summed E-state index contributed by atoms with van der Waals surface area (Å²) < 4.78 is 35.3. The van der Waals surface area contributed by atoms with Gasteiger partial charge in [0.15, 0.2) is 11.5 Å². The lowest BCUT2D eigenvalue weighted by Crippen LogP contribution is -2.09. The molecule has 1 rings (SSSR count). The Labute approximate surface area is 91.7 Å². The minimum absolute atomic E-state index is 0.0833. The van der Waals surface area contributed by atoms with E-state index >= 15 is 0 Å². The van der Waals surface area contributed by atoms with Gasteiger partial charge in [-0.15, -0.1) is 0 Å². The van der Waals surface area contributed by atoms with Crippen LogP contribution in [0.15, 0.2) is 12.1 Å². The Hall–Kier alpha value is -1.40. The van der Waals surface area contributed by atoms with Gasteiger partial charge in [-0.1, -0.05) is 0 Å². The first-order valence-electron chi connectivity index (χ1n) is 4.54. The molecule has 2 N–H and O–H groups in total. The number of hydrogen-bond donors (Lipinski definition) is 2. The molecule has 1 aromatic carbocycles. The largest absolute Gasteiger partial charge is 0.493 e. The van der Waals surface area contributed by atoms with Crippen molar-refractivity contribution >= 4 is 0 Å². The molecule has 1 aromatic rings. The van der Waals surface area contributed by atoms with Gasteiger partial charge in [-0.05, 0) is 17.7 Å². The first-order chi connectivity index (χ1) is 7.63. The van der Waals surface area contributed by atoms with Gasteiger partial charge in [-0.2, -0.15) is 0 Å². The fourth-order valence-corrected chi connectivity index (χ4v) is 1.38. The molecule has 0 aliphatic heterocycles. The van der Waals surface area contributed by atoms with Gasteiger partial charge in [0, 0.05) is 12.1 Å². The van der Waals surface area contributed by atoms with E-state index in [2.05, 4.69) is 0 Å². The molecule has 90 valence electrons. The highest BCUT2D eigenvalue weighted by atomic mass is 19.3. The predicted octanol–water partition coefficient (Wildman–Crippen LogP) is 2.12. The third kappa shape index (κ3) is 2.59. The van der Waals surface area contributed by atoms with Gasteiger partial charge in [0.2, 0.25) is 0 Å². The number of halogens is 2. The lowest BCUT2D eigenvalue weighted by molar-refractivity contribution is 0.141. The van der Waals surface area contributed by atoms with Gasteiger partial charge in [-0.3, -0.25) is 0 Å². The van der Waals surface area contributed by atoms with Gasteiger partial charge < -0.3 is 14.7 Å². The smallest absolute Gasteiger partial charge is 0.264 e. The summed E-state index contributed by atoms with van der Waals surface area (Å²) >= 11 is 0. The lowest BCUT2D eigenvalue weighted by atomic mass is 10.1. The second-order valence-electron chi connectivity index (χ2n) is 3.04. The monoisotopic (exact) mass is 233 g/mol. The second kappa shape index (κ2) is 5.62. The first kappa shape index (κ1) is 12.7. The van der Waals surface area contributed by atoms with Gasteiger partial charge in [-0.25, -0.2) is 14.3 Å². The van der Waals surface area contributed by atoms with Crippen LogP contribution in [0.5, 0.6) is 11.5 Å². The molecule has 0 spiro atoms. The SMILES string of the molecule is COc1cc(CNO)c(C(F)F)cc1OC. The van der Waals surface area contributed by atoms with Crippen LogP contribution in [-0.4, -0.2) is 19.4 Å². The summed E-state index contributed by atoms with van der Waals surface area (Å²) in [5, 5.41) is 8.55. The minimum atomic E-state index is -2.64. The number of ether oxygens (including phenoxy) is 2. The number of alkyl halides is 2. The average molecular weight is 233 g/mol. The third-order valence-electron chi connectivity index (χ3n) is 2.15. The summed E-state index contributed by atoms with van der Waals surface area (Å²) in [6.45, 7) is -0.0833. The maximum Gasteiger partial charge on any atom is 0.264 e. The number of nitrogens with one attached hydrogen (secondary N) is 1. The molecule has 0 bridgehead atoms. The molecular weight excluding hydrogens is 220 g/mol. The molecule has 6 heteroatoms. The number of rotatable bonds is 5. The van der Waals surface area contributed by atoms with Crippen LogP contribution in [0.25, 0.3) is 0 Å². The molecule has 0 aliphatic rings. The van der Waals surface area contributed by atoms with Crippen LogP contribution in [0.2, 0.25) is 0 Å². The number of benzene rings is 1. The molecule has 0 amide bonds. The summed E-state index contributed by atoms with van der Waals surface area (Å²) in [6, 6.07) is 2.61. The summed E-state index contributed by atoms with van der Waals surface area (Å²) in [7, 11) is 2.78. The van der Waals surface area contributed by atoms with E-state index < -0.39 is 6.43 Å².